The van der Waals surface area contributed by atoms with Gasteiger partial charge in [0.05, 0.1) is 17.6 Å². The van der Waals surface area contributed by atoms with E-state index in [1.165, 1.54) is 4.88 Å². The van der Waals surface area contributed by atoms with Crippen molar-refractivity contribution in [2.75, 3.05) is 0 Å². The van der Waals surface area contributed by atoms with E-state index in [0.29, 0.717) is 0 Å². The summed E-state index contributed by atoms with van der Waals surface area (Å²) in [4.78, 5) is 5.56. The van der Waals surface area contributed by atoms with Crippen LogP contribution in [0.15, 0.2) is 78.6 Å². The first-order chi connectivity index (χ1) is 10.9. The lowest BCUT2D eigenvalue weighted by molar-refractivity contribution is 0.878. The van der Waals surface area contributed by atoms with Crippen LogP contribution in [0.25, 0.3) is 27.4 Å². The maximum atomic E-state index is 4.65. The van der Waals surface area contributed by atoms with E-state index < -0.39 is 0 Å². The van der Waals surface area contributed by atoms with Crippen molar-refractivity contribution in [1.29, 1.82) is 0 Å². The summed E-state index contributed by atoms with van der Waals surface area (Å²) in [6.07, 6.45) is 5.69. The summed E-state index contributed by atoms with van der Waals surface area (Å²) in [5, 5.41) is 6.73. The maximum Gasteiger partial charge on any atom is 0.0927 e. The third-order valence-electron chi connectivity index (χ3n) is 3.45. The molecule has 4 rings (SSSR count). The molecule has 0 radical (unpaired) electrons. The monoisotopic (exact) mass is 303 g/mol. The zero-order valence-electron chi connectivity index (χ0n) is 11.8. The van der Waals surface area contributed by atoms with Crippen molar-refractivity contribution in [3.05, 3.63) is 78.6 Å². The maximum absolute atomic E-state index is 4.65. The van der Waals surface area contributed by atoms with Crippen LogP contribution in [0, 0.1) is 0 Å². The minimum absolute atomic E-state index is 0.960. The van der Waals surface area contributed by atoms with Crippen LogP contribution in [0.2, 0.25) is 0 Å². The lowest BCUT2D eigenvalue weighted by Gasteiger charge is -2.03. The Morgan fingerprint density at radius 1 is 0.864 bits per heavy atom. The molecule has 0 saturated carbocycles. The van der Waals surface area contributed by atoms with Crippen molar-refractivity contribution < 1.29 is 0 Å². The van der Waals surface area contributed by atoms with E-state index in [2.05, 4.69) is 39.7 Å². The molecule has 0 aliphatic rings. The molecule has 4 aromatic rings. The second kappa shape index (κ2) is 5.58. The van der Waals surface area contributed by atoms with E-state index in [9.17, 15) is 0 Å². The van der Waals surface area contributed by atoms with E-state index in [1.54, 1.807) is 11.3 Å². The van der Waals surface area contributed by atoms with Gasteiger partial charge in [-0.05, 0) is 23.6 Å². The van der Waals surface area contributed by atoms with E-state index in [-0.39, 0.29) is 0 Å². The van der Waals surface area contributed by atoms with Crippen molar-refractivity contribution >= 4 is 11.3 Å². The van der Waals surface area contributed by atoms with Crippen molar-refractivity contribution in [3.8, 4) is 27.4 Å². The number of hydrogen-bond donors (Lipinski definition) is 0. The van der Waals surface area contributed by atoms with Crippen LogP contribution < -0.4 is 0 Å². The molecule has 0 unspecified atom stereocenters. The third-order valence-corrected chi connectivity index (χ3v) is 4.37. The van der Waals surface area contributed by atoms with Crippen LogP contribution in [-0.2, 0) is 0 Å². The highest BCUT2D eigenvalue weighted by molar-refractivity contribution is 7.13. The lowest BCUT2D eigenvalue weighted by Crippen LogP contribution is -1.96. The first-order valence-electron chi connectivity index (χ1n) is 7.00. The lowest BCUT2D eigenvalue weighted by atomic mass is 10.2. The third kappa shape index (κ3) is 2.44. The molecule has 3 heterocycles. The van der Waals surface area contributed by atoms with Gasteiger partial charge < -0.3 is 0 Å². The van der Waals surface area contributed by atoms with E-state index in [1.807, 2.05) is 53.6 Å². The summed E-state index contributed by atoms with van der Waals surface area (Å²) in [5.74, 6) is 0. The number of pyridine rings is 1. The SMILES string of the molecule is c1ccc(-c2ccn(-c3cncc(-c4cccs4)c3)n2)cc1. The number of hydrogen-bond acceptors (Lipinski definition) is 3. The molecule has 0 fully saturated rings. The molecular formula is C18H13N3S. The fourth-order valence-corrected chi connectivity index (χ4v) is 3.07. The predicted molar refractivity (Wildman–Crippen MR) is 90.1 cm³/mol. The van der Waals surface area contributed by atoms with Gasteiger partial charge in [0.15, 0.2) is 0 Å². The Bertz CT molecular complexity index is 880. The molecule has 0 aliphatic heterocycles. The van der Waals surface area contributed by atoms with Crippen LogP contribution in [0.4, 0.5) is 0 Å². The van der Waals surface area contributed by atoms with Gasteiger partial charge in [-0.15, -0.1) is 11.3 Å². The molecule has 4 heteroatoms. The highest BCUT2D eigenvalue weighted by Crippen LogP contribution is 2.26. The van der Waals surface area contributed by atoms with Gasteiger partial charge in [0, 0.05) is 28.4 Å². The highest BCUT2D eigenvalue weighted by atomic mass is 32.1. The van der Waals surface area contributed by atoms with Crippen LogP contribution in [0.5, 0.6) is 0 Å². The Hall–Kier alpha value is -2.72. The highest BCUT2D eigenvalue weighted by Gasteiger charge is 2.06. The molecular weight excluding hydrogens is 290 g/mol. The molecule has 0 N–H and O–H groups in total. The Labute approximate surface area is 132 Å². The van der Waals surface area contributed by atoms with Crippen molar-refractivity contribution in [3.63, 3.8) is 0 Å². The van der Waals surface area contributed by atoms with Crippen LogP contribution in [0.1, 0.15) is 0 Å². The molecule has 0 amide bonds. The normalized spacial score (nSPS) is 10.7. The van der Waals surface area contributed by atoms with Crippen LogP contribution in [-0.4, -0.2) is 14.8 Å². The number of thiophene rings is 1. The van der Waals surface area contributed by atoms with Gasteiger partial charge in [-0.2, -0.15) is 5.10 Å². The average molecular weight is 303 g/mol. The van der Waals surface area contributed by atoms with Gasteiger partial charge in [-0.3, -0.25) is 4.98 Å². The summed E-state index contributed by atoms with van der Waals surface area (Å²) in [6, 6.07) is 18.5. The molecule has 3 nitrogen and oxygen atoms in total. The first kappa shape index (κ1) is 13.0. The predicted octanol–water partition coefficient (Wildman–Crippen LogP) is 4.66. The Balaban J connectivity index is 1.71. The zero-order valence-corrected chi connectivity index (χ0v) is 12.6. The van der Waals surface area contributed by atoms with Gasteiger partial charge in [0.2, 0.25) is 0 Å². The number of rotatable bonds is 3. The molecule has 0 spiro atoms. The Morgan fingerprint density at radius 2 is 1.77 bits per heavy atom. The van der Waals surface area contributed by atoms with Crippen molar-refractivity contribution in [2.45, 2.75) is 0 Å². The molecule has 106 valence electrons. The molecule has 0 aliphatic carbocycles. The van der Waals surface area contributed by atoms with Gasteiger partial charge in [-0.1, -0.05) is 36.4 Å². The molecule has 22 heavy (non-hydrogen) atoms. The van der Waals surface area contributed by atoms with Crippen LogP contribution >= 0.6 is 11.3 Å². The van der Waals surface area contributed by atoms with Gasteiger partial charge >= 0.3 is 0 Å². The summed E-state index contributed by atoms with van der Waals surface area (Å²) < 4.78 is 1.87. The fourth-order valence-electron chi connectivity index (χ4n) is 2.36. The molecule has 0 bridgehead atoms. The quantitative estimate of drug-likeness (QED) is 0.551. The molecule has 3 aromatic heterocycles. The van der Waals surface area contributed by atoms with Gasteiger partial charge in [-0.25, -0.2) is 4.68 Å². The average Bonchev–Trinajstić information content (AvgIpc) is 3.28. The van der Waals surface area contributed by atoms with E-state index in [0.717, 1.165) is 22.5 Å². The largest absolute Gasteiger partial charge is 0.262 e. The molecule has 0 atom stereocenters. The number of benzene rings is 1. The number of aromatic nitrogens is 3. The standard InChI is InChI=1S/C18H13N3S/c1-2-5-14(6-3-1)17-8-9-21(20-17)16-11-15(12-19-13-16)18-7-4-10-22-18/h1-13H. The topological polar surface area (TPSA) is 30.7 Å². The smallest absolute Gasteiger partial charge is 0.0927 e. The van der Waals surface area contributed by atoms with Crippen LogP contribution in [0.3, 0.4) is 0 Å². The zero-order chi connectivity index (χ0) is 14.8. The Kier molecular flexibility index (Phi) is 3.29. The molecule has 1 aromatic carbocycles. The van der Waals surface area contributed by atoms with Crippen molar-refractivity contribution in [2.24, 2.45) is 0 Å². The van der Waals surface area contributed by atoms with Gasteiger partial charge in [0.25, 0.3) is 0 Å². The summed E-state index contributed by atoms with van der Waals surface area (Å²) in [6.45, 7) is 0. The summed E-state index contributed by atoms with van der Waals surface area (Å²) in [5.41, 5.74) is 4.16. The Morgan fingerprint density at radius 3 is 2.59 bits per heavy atom. The van der Waals surface area contributed by atoms with Crippen molar-refractivity contribution in [1.82, 2.24) is 14.8 Å². The van der Waals surface area contributed by atoms with Gasteiger partial charge in [0.1, 0.15) is 0 Å². The summed E-state index contributed by atoms with van der Waals surface area (Å²) >= 11 is 1.71. The fraction of sp³-hybridized carbons (Fsp3) is 0. The molecule has 0 saturated heterocycles. The summed E-state index contributed by atoms with van der Waals surface area (Å²) in [7, 11) is 0. The second-order valence-corrected chi connectivity index (χ2v) is 5.87. The minimum atomic E-state index is 0.960. The number of nitrogens with zero attached hydrogens (tertiary/aromatic N) is 3. The first-order valence-corrected chi connectivity index (χ1v) is 7.88. The van der Waals surface area contributed by atoms with E-state index >= 15 is 0 Å². The second-order valence-electron chi connectivity index (χ2n) is 4.92. The minimum Gasteiger partial charge on any atom is -0.262 e. The van der Waals surface area contributed by atoms with E-state index in [4.69, 9.17) is 0 Å².